The molecular weight excluding hydrogens is 278 g/mol. The van der Waals surface area contributed by atoms with E-state index in [0.717, 1.165) is 57.1 Å². The Kier molecular flexibility index (Phi) is 5.57. The first-order valence-electron chi connectivity index (χ1n) is 8.48. The van der Waals surface area contributed by atoms with Gasteiger partial charge in [-0.15, -0.1) is 0 Å². The SMILES string of the molecule is COc1cccc(CC2CCCNC2)c1OC1CCOCC1. The van der Waals surface area contributed by atoms with E-state index in [2.05, 4.69) is 17.4 Å². The zero-order valence-corrected chi connectivity index (χ0v) is 13.5. The van der Waals surface area contributed by atoms with E-state index in [4.69, 9.17) is 14.2 Å². The first-order valence-corrected chi connectivity index (χ1v) is 8.48. The molecule has 0 saturated carbocycles. The van der Waals surface area contributed by atoms with Gasteiger partial charge in [-0.05, 0) is 49.9 Å². The molecule has 1 aromatic rings. The molecule has 22 heavy (non-hydrogen) atoms. The molecule has 1 N–H and O–H groups in total. The number of piperidine rings is 1. The van der Waals surface area contributed by atoms with Gasteiger partial charge in [-0.3, -0.25) is 0 Å². The van der Waals surface area contributed by atoms with Crippen LogP contribution in [0.15, 0.2) is 18.2 Å². The summed E-state index contributed by atoms with van der Waals surface area (Å²) in [4.78, 5) is 0. The van der Waals surface area contributed by atoms with E-state index in [-0.39, 0.29) is 6.10 Å². The quantitative estimate of drug-likeness (QED) is 0.908. The second-order valence-corrected chi connectivity index (χ2v) is 6.29. The molecule has 4 nitrogen and oxygen atoms in total. The van der Waals surface area contributed by atoms with Crippen molar-refractivity contribution in [2.75, 3.05) is 33.4 Å². The lowest BCUT2D eigenvalue weighted by atomic mass is 9.92. The lowest BCUT2D eigenvalue weighted by Gasteiger charge is -2.27. The van der Waals surface area contributed by atoms with Crippen LogP contribution in [0, 0.1) is 5.92 Å². The third kappa shape index (κ3) is 3.93. The summed E-state index contributed by atoms with van der Waals surface area (Å²) in [7, 11) is 1.72. The number of benzene rings is 1. The highest BCUT2D eigenvalue weighted by Crippen LogP contribution is 2.35. The van der Waals surface area contributed by atoms with E-state index < -0.39 is 0 Å². The molecule has 0 bridgehead atoms. The zero-order chi connectivity index (χ0) is 15.2. The molecule has 4 heteroatoms. The van der Waals surface area contributed by atoms with Crippen molar-refractivity contribution < 1.29 is 14.2 Å². The molecule has 1 unspecified atom stereocenters. The Labute approximate surface area is 133 Å². The van der Waals surface area contributed by atoms with E-state index >= 15 is 0 Å². The molecule has 0 radical (unpaired) electrons. The first-order chi connectivity index (χ1) is 10.9. The molecule has 122 valence electrons. The molecule has 0 aliphatic carbocycles. The molecular formula is C18H27NO3. The van der Waals surface area contributed by atoms with Gasteiger partial charge in [0.2, 0.25) is 0 Å². The van der Waals surface area contributed by atoms with Crippen LogP contribution in [0.3, 0.4) is 0 Å². The second kappa shape index (κ2) is 7.84. The van der Waals surface area contributed by atoms with Crippen molar-refractivity contribution >= 4 is 0 Å². The summed E-state index contributed by atoms with van der Waals surface area (Å²) in [6.45, 7) is 3.84. The Morgan fingerprint density at radius 1 is 1.23 bits per heavy atom. The molecule has 0 amide bonds. The van der Waals surface area contributed by atoms with Gasteiger partial charge in [0.15, 0.2) is 11.5 Å². The Morgan fingerprint density at radius 3 is 2.82 bits per heavy atom. The van der Waals surface area contributed by atoms with Gasteiger partial charge in [-0.2, -0.15) is 0 Å². The standard InChI is InChI=1S/C18H27NO3/c1-20-17-6-2-5-15(12-14-4-3-9-19-13-14)18(17)22-16-7-10-21-11-8-16/h2,5-6,14,16,19H,3-4,7-13H2,1H3. The Morgan fingerprint density at radius 2 is 2.09 bits per heavy atom. The molecule has 3 rings (SSSR count). The molecule has 2 saturated heterocycles. The highest BCUT2D eigenvalue weighted by molar-refractivity contribution is 5.47. The summed E-state index contributed by atoms with van der Waals surface area (Å²) in [5, 5.41) is 3.50. The van der Waals surface area contributed by atoms with Crippen molar-refractivity contribution in [2.24, 2.45) is 5.92 Å². The normalized spacial score (nSPS) is 23.2. The minimum Gasteiger partial charge on any atom is -0.493 e. The van der Waals surface area contributed by atoms with E-state index in [1.165, 1.54) is 18.4 Å². The zero-order valence-electron chi connectivity index (χ0n) is 13.5. The summed E-state index contributed by atoms with van der Waals surface area (Å²) < 4.78 is 17.3. The molecule has 2 aliphatic rings. The summed E-state index contributed by atoms with van der Waals surface area (Å²) in [5.41, 5.74) is 1.28. The highest BCUT2D eigenvalue weighted by Gasteiger charge is 2.22. The minimum atomic E-state index is 0.244. The van der Waals surface area contributed by atoms with Crippen LogP contribution in [0.1, 0.15) is 31.2 Å². The maximum absolute atomic E-state index is 6.32. The summed E-state index contributed by atoms with van der Waals surface area (Å²) >= 11 is 0. The van der Waals surface area contributed by atoms with Crippen molar-refractivity contribution in [2.45, 2.75) is 38.2 Å². The second-order valence-electron chi connectivity index (χ2n) is 6.29. The number of rotatable bonds is 5. The molecule has 2 fully saturated rings. The summed E-state index contributed by atoms with van der Waals surface area (Å²) in [5.74, 6) is 2.49. The predicted molar refractivity (Wildman–Crippen MR) is 86.8 cm³/mol. The number of hydrogen-bond donors (Lipinski definition) is 1. The molecule has 2 aliphatic heterocycles. The van der Waals surface area contributed by atoms with Crippen molar-refractivity contribution in [3.05, 3.63) is 23.8 Å². The number of hydrogen-bond acceptors (Lipinski definition) is 4. The van der Waals surface area contributed by atoms with E-state index in [9.17, 15) is 0 Å². The number of methoxy groups -OCH3 is 1. The van der Waals surface area contributed by atoms with Crippen molar-refractivity contribution in [1.29, 1.82) is 0 Å². The van der Waals surface area contributed by atoms with Crippen LogP contribution < -0.4 is 14.8 Å². The average molecular weight is 305 g/mol. The number of nitrogens with one attached hydrogen (secondary N) is 1. The monoisotopic (exact) mass is 305 g/mol. The molecule has 0 aromatic heterocycles. The number of para-hydroxylation sites is 1. The van der Waals surface area contributed by atoms with Crippen LogP contribution in [-0.4, -0.2) is 39.5 Å². The fourth-order valence-corrected chi connectivity index (χ4v) is 3.39. The van der Waals surface area contributed by atoms with Crippen LogP contribution in [0.25, 0.3) is 0 Å². The van der Waals surface area contributed by atoms with Crippen LogP contribution in [-0.2, 0) is 11.2 Å². The minimum absolute atomic E-state index is 0.244. The molecule has 1 atom stereocenters. The Bertz CT molecular complexity index is 465. The number of ether oxygens (including phenoxy) is 3. The van der Waals surface area contributed by atoms with Crippen LogP contribution in [0.5, 0.6) is 11.5 Å². The Hall–Kier alpha value is -1.26. The van der Waals surface area contributed by atoms with Gasteiger partial charge < -0.3 is 19.5 Å². The van der Waals surface area contributed by atoms with Crippen molar-refractivity contribution in [1.82, 2.24) is 5.32 Å². The first kappa shape index (κ1) is 15.6. The van der Waals surface area contributed by atoms with Gasteiger partial charge in [0.05, 0.1) is 20.3 Å². The third-order valence-corrected chi connectivity index (χ3v) is 4.64. The van der Waals surface area contributed by atoms with E-state index in [1.807, 2.05) is 6.07 Å². The largest absolute Gasteiger partial charge is 0.493 e. The van der Waals surface area contributed by atoms with Crippen molar-refractivity contribution in [3.63, 3.8) is 0 Å². The van der Waals surface area contributed by atoms with Gasteiger partial charge in [0.25, 0.3) is 0 Å². The average Bonchev–Trinajstić information content (AvgIpc) is 2.58. The maximum Gasteiger partial charge on any atom is 0.164 e. The predicted octanol–water partition coefficient (Wildman–Crippen LogP) is 2.80. The maximum atomic E-state index is 6.32. The van der Waals surface area contributed by atoms with E-state index in [0.29, 0.717) is 5.92 Å². The van der Waals surface area contributed by atoms with Gasteiger partial charge >= 0.3 is 0 Å². The fraction of sp³-hybridized carbons (Fsp3) is 0.667. The Balaban J connectivity index is 1.75. The van der Waals surface area contributed by atoms with Gasteiger partial charge in [-0.1, -0.05) is 12.1 Å². The highest BCUT2D eigenvalue weighted by atomic mass is 16.5. The van der Waals surface area contributed by atoms with E-state index in [1.54, 1.807) is 7.11 Å². The molecule has 2 heterocycles. The summed E-state index contributed by atoms with van der Waals surface area (Å²) in [6.07, 6.45) is 5.78. The lowest BCUT2D eigenvalue weighted by Crippen LogP contribution is -2.31. The topological polar surface area (TPSA) is 39.7 Å². The fourth-order valence-electron chi connectivity index (χ4n) is 3.39. The third-order valence-electron chi connectivity index (χ3n) is 4.64. The smallest absolute Gasteiger partial charge is 0.164 e. The van der Waals surface area contributed by atoms with Crippen LogP contribution >= 0.6 is 0 Å². The van der Waals surface area contributed by atoms with Crippen molar-refractivity contribution in [3.8, 4) is 11.5 Å². The van der Waals surface area contributed by atoms with Gasteiger partial charge in [-0.25, -0.2) is 0 Å². The lowest BCUT2D eigenvalue weighted by molar-refractivity contribution is 0.0240. The molecule has 0 spiro atoms. The van der Waals surface area contributed by atoms with Gasteiger partial charge in [0, 0.05) is 12.8 Å². The van der Waals surface area contributed by atoms with Crippen LogP contribution in [0.4, 0.5) is 0 Å². The van der Waals surface area contributed by atoms with Crippen LogP contribution in [0.2, 0.25) is 0 Å². The molecule has 1 aromatic carbocycles. The summed E-state index contributed by atoms with van der Waals surface area (Å²) in [6, 6.07) is 6.25. The van der Waals surface area contributed by atoms with Gasteiger partial charge in [0.1, 0.15) is 6.10 Å².